The average molecular weight is 646 g/mol. The van der Waals surface area contributed by atoms with E-state index in [1.165, 1.54) is 56.6 Å². The van der Waals surface area contributed by atoms with Crippen LogP contribution in [-0.2, 0) is 26.2 Å². The van der Waals surface area contributed by atoms with Crippen molar-refractivity contribution in [1.29, 1.82) is 0 Å². The number of carbonyl (C=O) groups is 2. The van der Waals surface area contributed by atoms with Crippen LogP contribution in [0.3, 0.4) is 0 Å². The van der Waals surface area contributed by atoms with Crippen molar-refractivity contribution in [3.05, 3.63) is 76.8 Å². The number of sulfonamides is 1. The number of nitrogens with one attached hydrogen (secondary N) is 1. The van der Waals surface area contributed by atoms with Gasteiger partial charge in [0, 0.05) is 23.7 Å². The Balaban J connectivity index is 2.14. The zero-order valence-electron chi connectivity index (χ0n) is 26.1. The molecule has 0 heterocycles. The van der Waals surface area contributed by atoms with Crippen LogP contribution < -0.4 is 23.8 Å². The molecule has 3 aromatic carbocycles. The minimum atomic E-state index is -4.43. The summed E-state index contributed by atoms with van der Waals surface area (Å²) in [5.41, 5.74) is 1.87. The van der Waals surface area contributed by atoms with Crippen LogP contribution in [0.1, 0.15) is 38.3 Å². The molecule has 0 aliphatic carbocycles. The fourth-order valence-electron chi connectivity index (χ4n) is 4.41. The largest absolute Gasteiger partial charge is 0.495 e. The quantitative estimate of drug-likeness (QED) is 0.256. The van der Waals surface area contributed by atoms with E-state index in [-0.39, 0.29) is 45.6 Å². The van der Waals surface area contributed by atoms with Gasteiger partial charge in [0.2, 0.25) is 11.8 Å². The minimum absolute atomic E-state index is 0.0510. The number of methoxy groups -OCH3 is 3. The van der Waals surface area contributed by atoms with Crippen LogP contribution in [0.5, 0.6) is 17.2 Å². The van der Waals surface area contributed by atoms with E-state index in [4.69, 9.17) is 25.8 Å². The molecule has 0 aromatic heterocycles. The van der Waals surface area contributed by atoms with Gasteiger partial charge < -0.3 is 24.4 Å². The molecule has 0 bridgehead atoms. The summed E-state index contributed by atoms with van der Waals surface area (Å²) in [6.07, 6.45) is 0.705. The first-order chi connectivity index (χ1) is 20.9. The van der Waals surface area contributed by atoms with Crippen molar-refractivity contribution in [3.63, 3.8) is 0 Å². The van der Waals surface area contributed by atoms with E-state index in [1.807, 2.05) is 45.0 Å². The molecular formula is C32H40ClN3O7S. The van der Waals surface area contributed by atoms with Gasteiger partial charge in [-0.2, -0.15) is 0 Å². The normalized spacial score (nSPS) is 12.5. The molecule has 1 N–H and O–H groups in total. The Hall–Kier alpha value is -3.96. The van der Waals surface area contributed by atoms with Crippen LogP contribution in [0.4, 0.5) is 5.69 Å². The summed E-state index contributed by atoms with van der Waals surface area (Å²) in [7, 11) is -0.204. The van der Waals surface area contributed by atoms with E-state index in [0.29, 0.717) is 12.2 Å². The van der Waals surface area contributed by atoms with Gasteiger partial charge in [0.1, 0.15) is 18.3 Å². The summed E-state index contributed by atoms with van der Waals surface area (Å²) in [6, 6.07) is 15.2. The molecule has 10 nitrogen and oxygen atoms in total. The van der Waals surface area contributed by atoms with Crippen molar-refractivity contribution in [2.75, 3.05) is 32.2 Å². The third-order valence-corrected chi connectivity index (χ3v) is 9.26. The Morgan fingerprint density at radius 2 is 1.50 bits per heavy atom. The molecule has 44 heavy (non-hydrogen) atoms. The maximum absolute atomic E-state index is 14.3. The van der Waals surface area contributed by atoms with E-state index >= 15 is 0 Å². The first kappa shape index (κ1) is 34.5. The number of hydrogen-bond acceptors (Lipinski definition) is 7. The van der Waals surface area contributed by atoms with Crippen LogP contribution in [0.2, 0.25) is 5.02 Å². The van der Waals surface area contributed by atoms with Gasteiger partial charge in [-0.1, -0.05) is 48.4 Å². The van der Waals surface area contributed by atoms with Crippen molar-refractivity contribution in [2.45, 2.75) is 57.6 Å². The number of benzene rings is 3. The third kappa shape index (κ3) is 8.15. The zero-order valence-corrected chi connectivity index (χ0v) is 27.7. The second-order valence-corrected chi connectivity index (χ2v) is 12.6. The maximum atomic E-state index is 14.3. The topological polar surface area (TPSA) is 114 Å². The molecule has 0 aliphatic heterocycles. The first-order valence-electron chi connectivity index (χ1n) is 14.1. The number of nitrogens with zero attached hydrogens (tertiary/aromatic N) is 2. The number of halogens is 1. The van der Waals surface area contributed by atoms with Gasteiger partial charge >= 0.3 is 0 Å². The molecule has 0 saturated heterocycles. The van der Waals surface area contributed by atoms with Crippen LogP contribution in [0, 0.1) is 6.92 Å². The maximum Gasteiger partial charge on any atom is 0.265 e. The molecule has 3 rings (SSSR count). The van der Waals surface area contributed by atoms with Crippen LogP contribution >= 0.6 is 11.6 Å². The predicted molar refractivity (Wildman–Crippen MR) is 171 cm³/mol. The summed E-state index contributed by atoms with van der Waals surface area (Å²) in [5.74, 6) is -0.258. The monoisotopic (exact) mass is 645 g/mol. The van der Waals surface area contributed by atoms with E-state index in [0.717, 1.165) is 15.4 Å². The summed E-state index contributed by atoms with van der Waals surface area (Å²) in [5, 5.41) is 3.16. The van der Waals surface area contributed by atoms with E-state index in [2.05, 4.69) is 5.32 Å². The molecular weight excluding hydrogens is 606 g/mol. The molecule has 3 aromatic rings. The third-order valence-electron chi connectivity index (χ3n) is 7.27. The Morgan fingerprint density at radius 3 is 2.09 bits per heavy atom. The minimum Gasteiger partial charge on any atom is -0.495 e. The number of ether oxygens (including phenoxy) is 3. The number of carbonyl (C=O) groups excluding carboxylic acids is 2. The van der Waals surface area contributed by atoms with Crippen LogP contribution in [-0.4, -0.2) is 65.1 Å². The van der Waals surface area contributed by atoms with Crippen LogP contribution in [0.25, 0.3) is 0 Å². The molecule has 0 unspecified atom stereocenters. The fraction of sp³-hybridized carbons (Fsp3) is 0.375. The molecule has 238 valence electrons. The molecule has 2 amide bonds. The number of hydrogen-bond donors (Lipinski definition) is 1. The van der Waals surface area contributed by atoms with Gasteiger partial charge in [-0.15, -0.1) is 0 Å². The van der Waals surface area contributed by atoms with Crippen molar-refractivity contribution in [3.8, 4) is 17.2 Å². The lowest BCUT2D eigenvalue weighted by atomic mass is 10.1. The summed E-state index contributed by atoms with van der Waals surface area (Å²) in [6.45, 7) is 6.81. The lowest BCUT2D eigenvalue weighted by Gasteiger charge is -2.33. The van der Waals surface area contributed by atoms with Gasteiger partial charge in [-0.3, -0.25) is 13.9 Å². The average Bonchev–Trinajstić information content (AvgIpc) is 3.02. The van der Waals surface area contributed by atoms with Crippen LogP contribution in [0.15, 0.2) is 65.6 Å². The highest BCUT2D eigenvalue weighted by atomic mass is 35.5. The molecule has 0 radical (unpaired) electrons. The SMILES string of the molecule is CC[C@H](C)NC(=O)[C@@H](C)N(Cc1ccc(C)cc1)C(=O)CN(c1cc(Cl)ccc1OC)S(=O)(=O)c1ccc(OC)c(OC)c1. The molecule has 2 atom stereocenters. The van der Waals surface area contributed by atoms with Crippen molar-refractivity contribution < 1.29 is 32.2 Å². The van der Waals surface area contributed by atoms with E-state index in [1.54, 1.807) is 13.0 Å². The number of anilines is 1. The van der Waals surface area contributed by atoms with Gasteiger partial charge in [-0.25, -0.2) is 8.42 Å². The number of amides is 2. The molecule has 12 heteroatoms. The van der Waals surface area contributed by atoms with E-state index < -0.39 is 28.5 Å². The summed E-state index contributed by atoms with van der Waals surface area (Å²) < 4.78 is 45.6. The van der Waals surface area contributed by atoms with Gasteiger partial charge in [-0.05, 0) is 63.1 Å². The Labute approximate surface area is 264 Å². The van der Waals surface area contributed by atoms with Gasteiger partial charge in [0.15, 0.2) is 11.5 Å². The van der Waals surface area contributed by atoms with Crippen molar-refractivity contribution in [2.24, 2.45) is 0 Å². The molecule has 0 aliphatic rings. The highest BCUT2D eigenvalue weighted by molar-refractivity contribution is 7.92. The fourth-order valence-corrected chi connectivity index (χ4v) is 6.01. The van der Waals surface area contributed by atoms with E-state index in [9.17, 15) is 18.0 Å². The molecule has 0 spiro atoms. The Kier molecular flexibility index (Phi) is 11.9. The van der Waals surface area contributed by atoms with Crippen molar-refractivity contribution in [1.82, 2.24) is 10.2 Å². The Bertz CT molecular complexity index is 1560. The molecule has 0 saturated carbocycles. The number of aryl methyl sites for hydroxylation is 1. The smallest absolute Gasteiger partial charge is 0.265 e. The second kappa shape index (κ2) is 15.2. The highest BCUT2D eigenvalue weighted by Crippen LogP contribution is 2.37. The summed E-state index contributed by atoms with van der Waals surface area (Å²) in [4.78, 5) is 28.7. The lowest BCUT2D eigenvalue weighted by Crippen LogP contribution is -2.52. The highest BCUT2D eigenvalue weighted by Gasteiger charge is 2.34. The zero-order chi connectivity index (χ0) is 32.6. The lowest BCUT2D eigenvalue weighted by molar-refractivity contribution is -0.139. The van der Waals surface area contributed by atoms with Gasteiger partial charge in [0.05, 0.1) is 31.9 Å². The Morgan fingerprint density at radius 1 is 0.886 bits per heavy atom. The summed E-state index contributed by atoms with van der Waals surface area (Å²) >= 11 is 6.31. The van der Waals surface area contributed by atoms with Crippen molar-refractivity contribution >= 4 is 39.1 Å². The standard InChI is InChI=1S/C32H40ClN3O7S/c1-8-22(3)34-32(38)23(4)35(19-24-11-9-21(2)10-12-24)31(37)20-36(27-17-25(33)13-15-28(27)41-5)44(39,40)26-14-16-29(42-6)30(18-26)43-7/h9-18,22-23H,8,19-20H2,1-7H3,(H,34,38)/t22-,23+/m0/s1. The predicted octanol–water partition coefficient (Wildman–Crippen LogP) is 5.20. The molecule has 0 fully saturated rings. The second-order valence-electron chi connectivity index (χ2n) is 10.3. The number of rotatable bonds is 14. The first-order valence-corrected chi connectivity index (χ1v) is 15.9. The van der Waals surface area contributed by atoms with Gasteiger partial charge in [0.25, 0.3) is 10.0 Å².